The molecule has 2 aromatic carbocycles. The first-order valence-electron chi connectivity index (χ1n) is 7.98. The first kappa shape index (κ1) is 21.1. The molecule has 0 aliphatic rings. The lowest BCUT2D eigenvalue weighted by atomic mass is 10.1. The first-order valence-corrected chi connectivity index (χ1v) is 8.74. The van der Waals surface area contributed by atoms with Crippen molar-refractivity contribution in [3.05, 3.63) is 68.7 Å². The van der Waals surface area contributed by atoms with E-state index in [9.17, 15) is 18.4 Å². The van der Waals surface area contributed by atoms with Crippen LogP contribution in [0.3, 0.4) is 0 Å². The Morgan fingerprint density at radius 2 is 1.70 bits per heavy atom. The number of carbonyl (C=O) groups excluding carboxylic acids is 2. The van der Waals surface area contributed by atoms with Gasteiger partial charge in [0, 0.05) is 5.02 Å². The third kappa shape index (κ3) is 4.57. The van der Waals surface area contributed by atoms with E-state index in [-0.39, 0.29) is 16.1 Å². The first-order chi connectivity index (χ1) is 12.4. The highest BCUT2D eigenvalue weighted by Gasteiger charge is 2.32. The van der Waals surface area contributed by atoms with Crippen LogP contribution >= 0.6 is 23.2 Å². The molecule has 0 saturated heterocycles. The molecule has 2 amide bonds. The second-order valence-corrected chi connectivity index (χ2v) is 7.77. The normalized spacial score (nSPS) is 11.3. The van der Waals surface area contributed by atoms with Gasteiger partial charge >= 0.3 is 0 Å². The zero-order chi connectivity index (χ0) is 20.5. The summed E-state index contributed by atoms with van der Waals surface area (Å²) in [6, 6.07) is 6.49. The summed E-state index contributed by atoms with van der Waals surface area (Å²) in [5.74, 6) is -3.74. The Morgan fingerprint density at radius 1 is 1.07 bits per heavy atom. The minimum Gasteiger partial charge on any atom is -0.267 e. The van der Waals surface area contributed by atoms with Crippen molar-refractivity contribution in [3.8, 4) is 0 Å². The van der Waals surface area contributed by atoms with Crippen molar-refractivity contribution in [2.45, 2.75) is 33.2 Å². The van der Waals surface area contributed by atoms with Crippen molar-refractivity contribution in [1.29, 1.82) is 0 Å². The number of benzene rings is 2. The maximum Gasteiger partial charge on any atom is 0.275 e. The van der Waals surface area contributed by atoms with Gasteiger partial charge in [-0.1, -0.05) is 29.3 Å². The van der Waals surface area contributed by atoms with Crippen molar-refractivity contribution in [1.82, 2.24) is 10.4 Å². The standard InChI is InChI=1S/C19H18Cl2F2N2O2/c1-10-5-8-14(22)15(16(10)23)17(26)24-25(19(2,3)4)18(27)12-7-6-11(20)9-13(12)21/h5-9H,1-4H3,(H,24,26). The fourth-order valence-electron chi connectivity index (χ4n) is 2.33. The SMILES string of the molecule is Cc1ccc(F)c(C(=O)NN(C(=O)c2ccc(Cl)cc2Cl)C(C)(C)C)c1F. The fourth-order valence-corrected chi connectivity index (χ4v) is 2.82. The molecule has 0 radical (unpaired) electrons. The Morgan fingerprint density at radius 3 is 2.26 bits per heavy atom. The van der Waals surface area contributed by atoms with E-state index in [2.05, 4.69) is 5.43 Å². The Labute approximate surface area is 166 Å². The molecule has 0 saturated carbocycles. The van der Waals surface area contributed by atoms with E-state index in [1.54, 1.807) is 20.8 Å². The van der Waals surface area contributed by atoms with Gasteiger partial charge in [0.25, 0.3) is 11.8 Å². The van der Waals surface area contributed by atoms with Gasteiger partial charge in [-0.3, -0.25) is 15.0 Å². The monoisotopic (exact) mass is 414 g/mol. The number of hydrogen-bond acceptors (Lipinski definition) is 2. The van der Waals surface area contributed by atoms with Crippen LogP contribution in [-0.2, 0) is 0 Å². The quantitative estimate of drug-likeness (QED) is 0.689. The van der Waals surface area contributed by atoms with Gasteiger partial charge in [-0.2, -0.15) is 0 Å². The number of halogens is 4. The number of hydrazine groups is 1. The molecular formula is C19H18Cl2F2N2O2. The predicted octanol–water partition coefficient (Wildman–Crippen LogP) is 5.17. The molecule has 0 spiro atoms. The van der Waals surface area contributed by atoms with E-state index in [1.165, 1.54) is 31.2 Å². The van der Waals surface area contributed by atoms with E-state index in [1.807, 2.05) is 0 Å². The highest BCUT2D eigenvalue weighted by molar-refractivity contribution is 6.36. The van der Waals surface area contributed by atoms with Gasteiger partial charge in [0.05, 0.1) is 16.1 Å². The van der Waals surface area contributed by atoms with Gasteiger partial charge in [0.2, 0.25) is 0 Å². The number of nitrogens with one attached hydrogen (secondary N) is 1. The van der Waals surface area contributed by atoms with Crippen LogP contribution in [0.2, 0.25) is 10.0 Å². The second kappa shape index (κ2) is 7.82. The Hall–Kier alpha value is -2.18. The summed E-state index contributed by atoms with van der Waals surface area (Å²) >= 11 is 11.9. The molecule has 0 aliphatic carbocycles. The van der Waals surface area contributed by atoms with Crippen LogP contribution in [0, 0.1) is 18.6 Å². The van der Waals surface area contributed by atoms with Crippen LogP contribution in [0.5, 0.6) is 0 Å². The summed E-state index contributed by atoms with van der Waals surface area (Å²) in [5, 5.41) is 1.40. The van der Waals surface area contributed by atoms with E-state index in [0.717, 1.165) is 11.1 Å². The molecule has 27 heavy (non-hydrogen) atoms. The highest BCUT2D eigenvalue weighted by Crippen LogP contribution is 2.25. The molecular weight excluding hydrogens is 397 g/mol. The zero-order valence-electron chi connectivity index (χ0n) is 15.2. The average Bonchev–Trinajstić information content (AvgIpc) is 2.55. The summed E-state index contributed by atoms with van der Waals surface area (Å²) < 4.78 is 28.3. The summed E-state index contributed by atoms with van der Waals surface area (Å²) in [6.07, 6.45) is 0. The predicted molar refractivity (Wildman–Crippen MR) is 101 cm³/mol. The summed E-state index contributed by atoms with van der Waals surface area (Å²) in [5.41, 5.74) is 0.813. The number of amides is 2. The number of carbonyl (C=O) groups is 2. The summed E-state index contributed by atoms with van der Waals surface area (Å²) in [6.45, 7) is 6.36. The molecule has 144 valence electrons. The molecule has 0 aromatic heterocycles. The van der Waals surface area contributed by atoms with Crippen molar-refractivity contribution in [3.63, 3.8) is 0 Å². The molecule has 1 N–H and O–H groups in total. The zero-order valence-corrected chi connectivity index (χ0v) is 16.7. The Bertz CT molecular complexity index is 911. The molecule has 0 fully saturated rings. The lowest BCUT2D eigenvalue weighted by Gasteiger charge is -2.35. The Kier molecular flexibility index (Phi) is 6.12. The van der Waals surface area contributed by atoms with Crippen molar-refractivity contribution in [2.75, 3.05) is 0 Å². The van der Waals surface area contributed by atoms with Crippen molar-refractivity contribution in [2.24, 2.45) is 0 Å². The third-order valence-corrected chi connectivity index (χ3v) is 4.31. The molecule has 0 unspecified atom stereocenters. The van der Waals surface area contributed by atoms with Crippen molar-refractivity contribution < 1.29 is 18.4 Å². The van der Waals surface area contributed by atoms with Gasteiger partial charge in [-0.05, 0) is 57.5 Å². The maximum atomic E-state index is 14.3. The van der Waals surface area contributed by atoms with Gasteiger partial charge < -0.3 is 0 Å². The van der Waals surface area contributed by atoms with Crippen LogP contribution in [-0.4, -0.2) is 22.4 Å². The molecule has 4 nitrogen and oxygen atoms in total. The van der Waals surface area contributed by atoms with Gasteiger partial charge in [0.15, 0.2) is 0 Å². The minimum atomic E-state index is -1.08. The number of rotatable bonds is 2. The maximum absolute atomic E-state index is 14.3. The van der Waals surface area contributed by atoms with Crippen LogP contribution in [0.25, 0.3) is 0 Å². The summed E-state index contributed by atoms with van der Waals surface area (Å²) in [4.78, 5) is 25.5. The number of hydrogen-bond donors (Lipinski definition) is 1. The topological polar surface area (TPSA) is 49.4 Å². The largest absolute Gasteiger partial charge is 0.275 e. The second-order valence-electron chi connectivity index (χ2n) is 6.93. The average molecular weight is 415 g/mol. The minimum absolute atomic E-state index is 0.0847. The van der Waals surface area contributed by atoms with E-state index in [0.29, 0.717) is 5.02 Å². The van der Waals surface area contributed by atoms with Gasteiger partial charge in [-0.25, -0.2) is 13.8 Å². The molecule has 2 rings (SSSR count). The molecule has 0 bridgehead atoms. The van der Waals surface area contributed by atoms with Crippen molar-refractivity contribution >= 4 is 35.0 Å². The molecule has 2 aromatic rings. The summed E-state index contributed by atoms with van der Waals surface area (Å²) in [7, 11) is 0. The van der Waals surface area contributed by atoms with Crippen LogP contribution in [0.1, 0.15) is 47.1 Å². The molecule has 0 heterocycles. The molecule has 8 heteroatoms. The number of aryl methyl sites for hydroxylation is 1. The molecule has 0 aliphatic heterocycles. The fraction of sp³-hybridized carbons (Fsp3) is 0.263. The van der Waals surface area contributed by atoms with Crippen LogP contribution < -0.4 is 5.43 Å². The lowest BCUT2D eigenvalue weighted by molar-refractivity contribution is 0.0355. The van der Waals surface area contributed by atoms with Crippen LogP contribution in [0.4, 0.5) is 8.78 Å². The smallest absolute Gasteiger partial charge is 0.267 e. The van der Waals surface area contributed by atoms with E-state index < -0.39 is 34.6 Å². The lowest BCUT2D eigenvalue weighted by Crippen LogP contribution is -2.56. The van der Waals surface area contributed by atoms with Crippen LogP contribution in [0.15, 0.2) is 30.3 Å². The van der Waals surface area contributed by atoms with E-state index in [4.69, 9.17) is 23.2 Å². The third-order valence-electron chi connectivity index (χ3n) is 3.76. The molecule has 0 atom stereocenters. The number of nitrogens with zero attached hydrogens (tertiary/aromatic N) is 1. The highest BCUT2D eigenvalue weighted by atomic mass is 35.5. The Balaban J connectivity index is 2.43. The van der Waals surface area contributed by atoms with Gasteiger partial charge in [0.1, 0.15) is 17.2 Å². The van der Waals surface area contributed by atoms with E-state index >= 15 is 0 Å². The van der Waals surface area contributed by atoms with Gasteiger partial charge in [-0.15, -0.1) is 0 Å².